The van der Waals surface area contributed by atoms with Gasteiger partial charge in [-0.3, -0.25) is 4.90 Å². The smallest absolute Gasteiger partial charge is 0.0591 e. The monoisotopic (exact) mass is 352 g/mol. The van der Waals surface area contributed by atoms with E-state index >= 15 is 0 Å². The Balaban J connectivity index is 0.000000292. The Morgan fingerprint density at radius 2 is 1.58 bits per heavy atom. The highest BCUT2D eigenvalue weighted by Gasteiger charge is 2.37. The normalized spacial score (nSPS) is 20.3. The molecule has 0 spiro atoms. The maximum atomic E-state index is 6.03. The summed E-state index contributed by atoms with van der Waals surface area (Å²) in [6, 6.07) is 8.53. The highest BCUT2D eigenvalue weighted by molar-refractivity contribution is 6.30. The van der Waals surface area contributed by atoms with Crippen LogP contribution in [0.4, 0.5) is 0 Å². The minimum absolute atomic E-state index is 0.256. The van der Waals surface area contributed by atoms with Crippen LogP contribution in [0.25, 0.3) is 0 Å². The molecule has 4 heteroatoms. The Labute approximate surface area is 152 Å². The van der Waals surface area contributed by atoms with Gasteiger partial charge >= 0.3 is 0 Å². The van der Waals surface area contributed by atoms with Crippen molar-refractivity contribution in [2.24, 2.45) is 0 Å². The van der Waals surface area contributed by atoms with E-state index in [-0.39, 0.29) is 5.54 Å². The molecule has 0 amide bonds. The lowest BCUT2D eigenvalue weighted by Crippen LogP contribution is -2.47. The standard InChI is InChI=1S/C16H24ClN.C4H9NO/c1-3-18(4-2)16(12-6-5-7-13-16)14-8-10-15(17)11-9-14;1-3-6-4-2-5-1/h8-11H,3-7,12-13H2,1-2H3;5H,1-4H2. The van der Waals surface area contributed by atoms with Crippen molar-refractivity contribution < 1.29 is 4.74 Å². The summed E-state index contributed by atoms with van der Waals surface area (Å²) < 4.78 is 5.01. The molecule has 3 nitrogen and oxygen atoms in total. The Kier molecular flexibility index (Phi) is 8.54. The third kappa shape index (κ3) is 5.19. The third-order valence-electron chi connectivity index (χ3n) is 5.28. The topological polar surface area (TPSA) is 24.5 Å². The number of hydrogen-bond donors (Lipinski definition) is 1. The van der Waals surface area contributed by atoms with Gasteiger partial charge in [0.2, 0.25) is 0 Å². The Hall–Kier alpha value is -0.610. The summed E-state index contributed by atoms with van der Waals surface area (Å²) in [5.74, 6) is 0. The molecular weight excluding hydrogens is 320 g/mol. The van der Waals surface area contributed by atoms with Crippen LogP contribution >= 0.6 is 11.6 Å². The zero-order valence-electron chi connectivity index (χ0n) is 15.3. The van der Waals surface area contributed by atoms with E-state index in [1.54, 1.807) is 0 Å². The molecule has 1 aliphatic carbocycles. The SMILES string of the molecule is C1COCCN1.CCN(CC)C1(c2ccc(Cl)cc2)CCCCC1. The van der Waals surface area contributed by atoms with Gasteiger partial charge in [-0.2, -0.15) is 0 Å². The van der Waals surface area contributed by atoms with E-state index in [1.165, 1.54) is 37.7 Å². The summed E-state index contributed by atoms with van der Waals surface area (Å²) in [5.41, 5.74) is 1.71. The van der Waals surface area contributed by atoms with E-state index < -0.39 is 0 Å². The van der Waals surface area contributed by atoms with E-state index in [0.717, 1.165) is 44.4 Å². The van der Waals surface area contributed by atoms with Crippen molar-refractivity contribution in [3.63, 3.8) is 0 Å². The molecule has 0 unspecified atom stereocenters. The average Bonchev–Trinajstić information content (AvgIpc) is 2.66. The highest BCUT2D eigenvalue weighted by Crippen LogP contribution is 2.42. The van der Waals surface area contributed by atoms with Crippen LogP contribution in [0.5, 0.6) is 0 Å². The van der Waals surface area contributed by atoms with Gasteiger partial charge in [0.05, 0.1) is 13.2 Å². The maximum Gasteiger partial charge on any atom is 0.0591 e. The van der Waals surface area contributed by atoms with Crippen LogP contribution in [0.3, 0.4) is 0 Å². The van der Waals surface area contributed by atoms with Crippen molar-refractivity contribution in [1.29, 1.82) is 0 Å². The summed E-state index contributed by atoms with van der Waals surface area (Å²) in [4.78, 5) is 2.63. The lowest BCUT2D eigenvalue weighted by Gasteiger charge is -2.46. The molecule has 0 atom stereocenters. The maximum absolute atomic E-state index is 6.03. The van der Waals surface area contributed by atoms with Crippen LogP contribution < -0.4 is 5.32 Å². The Bertz CT molecular complexity index is 438. The first-order chi connectivity index (χ1) is 11.7. The zero-order valence-corrected chi connectivity index (χ0v) is 16.1. The van der Waals surface area contributed by atoms with E-state index in [4.69, 9.17) is 16.3 Å². The molecule has 1 saturated heterocycles. The lowest BCUT2D eigenvalue weighted by atomic mass is 9.75. The fourth-order valence-electron chi connectivity index (χ4n) is 4.03. The number of halogens is 1. The van der Waals surface area contributed by atoms with Crippen LogP contribution in [-0.2, 0) is 10.3 Å². The van der Waals surface area contributed by atoms with Gasteiger partial charge in [-0.15, -0.1) is 0 Å². The van der Waals surface area contributed by atoms with Gasteiger partial charge < -0.3 is 10.1 Å². The van der Waals surface area contributed by atoms with Crippen LogP contribution in [0.1, 0.15) is 51.5 Å². The fourth-order valence-corrected chi connectivity index (χ4v) is 4.15. The van der Waals surface area contributed by atoms with E-state index in [9.17, 15) is 0 Å². The van der Waals surface area contributed by atoms with Crippen LogP contribution in [0, 0.1) is 0 Å². The molecule has 1 saturated carbocycles. The van der Waals surface area contributed by atoms with Crippen molar-refractivity contribution in [1.82, 2.24) is 10.2 Å². The third-order valence-corrected chi connectivity index (χ3v) is 5.53. The number of nitrogens with one attached hydrogen (secondary N) is 1. The molecule has 3 rings (SSSR count). The molecule has 0 radical (unpaired) electrons. The first-order valence-corrected chi connectivity index (χ1v) is 9.90. The molecule has 0 aromatic heterocycles. The summed E-state index contributed by atoms with van der Waals surface area (Å²) in [5, 5.41) is 4.00. The van der Waals surface area contributed by atoms with Gasteiger partial charge in [-0.05, 0) is 43.6 Å². The molecule has 1 aliphatic heterocycles. The molecule has 0 bridgehead atoms. The van der Waals surface area contributed by atoms with Crippen molar-refractivity contribution in [2.75, 3.05) is 39.4 Å². The largest absolute Gasteiger partial charge is 0.379 e. The van der Waals surface area contributed by atoms with Crippen molar-refractivity contribution in [2.45, 2.75) is 51.5 Å². The molecule has 1 aromatic rings. The average molecular weight is 353 g/mol. The van der Waals surface area contributed by atoms with Crippen molar-refractivity contribution in [3.8, 4) is 0 Å². The van der Waals surface area contributed by atoms with Gasteiger partial charge in [-0.1, -0.05) is 56.8 Å². The van der Waals surface area contributed by atoms with Gasteiger partial charge in [0.15, 0.2) is 0 Å². The number of ether oxygens (including phenoxy) is 1. The van der Waals surface area contributed by atoms with Crippen LogP contribution in [-0.4, -0.2) is 44.3 Å². The summed E-state index contributed by atoms with van der Waals surface area (Å²) >= 11 is 6.03. The van der Waals surface area contributed by atoms with Crippen LogP contribution in [0.2, 0.25) is 5.02 Å². The molecule has 1 N–H and O–H groups in total. The predicted octanol–water partition coefficient (Wildman–Crippen LogP) is 4.45. The van der Waals surface area contributed by atoms with Crippen molar-refractivity contribution >= 4 is 11.6 Å². The van der Waals surface area contributed by atoms with E-state index in [0.29, 0.717) is 0 Å². The summed E-state index contributed by atoms with van der Waals surface area (Å²) in [7, 11) is 0. The second-order valence-electron chi connectivity index (χ2n) is 6.63. The predicted molar refractivity (Wildman–Crippen MR) is 103 cm³/mol. The van der Waals surface area contributed by atoms with Gasteiger partial charge in [-0.25, -0.2) is 0 Å². The molecule has 1 heterocycles. The van der Waals surface area contributed by atoms with Gasteiger partial charge in [0.25, 0.3) is 0 Å². The van der Waals surface area contributed by atoms with Crippen molar-refractivity contribution in [3.05, 3.63) is 34.9 Å². The first kappa shape index (κ1) is 19.7. The molecule has 24 heavy (non-hydrogen) atoms. The van der Waals surface area contributed by atoms with Gasteiger partial charge in [0.1, 0.15) is 0 Å². The number of benzene rings is 1. The molecule has 136 valence electrons. The quantitative estimate of drug-likeness (QED) is 0.866. The minimum Gasteiger partial charge on any atom is -0.379 e. The second kappa shape index (κ2) is 10.4. The number of morpholine rings is 1. The highest BCUT2D eigenvalue weighted by atomic mass is 35.5. The molecular formula is C20H33ClN2O. The fraction of sp³-hybridized carbons (Fsp3) is 0.700. The van der Waals surface area contributed by atoms with Gasteiger partial charge in [0, 0.05) is 23.7 Å². The minimum atomic E-state index is 0.256. The second-order valence-corrected chi connectivity index (χ2v) is 7.07. The first-order valence-electron chi connectivity index (χ1n) is 9.52. The van der Waals surface area contributed by atoms with Crippen LogP contribution in [0.15, 0.2) is 24.3 Å². The number of rotatable bonds is 4. The zero-order chi connectivity index (χ0) is 17.3. The number of hydrogen-bond acceptors (Lipinski definition) is 3. The molecule has 2 aliphatic rings. The van der Waals surface area contributed by atoms with E-state index in [2.05, 4.69) is 36.2 Å². The molecule has 2 fully saturated rings. The Morgan fingerprint density at radius 3 is 2.00 bits per heavy atom. The molecule has 1 aromatic carbocycles. The van der Waals surface area contributed by atoms with E-state index in [1.807, 2.05) is 12.1 Å². The summed E-state index contributed by atoms with van der Waals surface area (Å²) in [6.45, 7) is 10.6. The summed E-state index contributed by atoms with van der Waals surface area (Å²) in [6.07, 6.45) is 6.65. The Morgan fingerprint density at radius 1 is 1.00 bits per heavy atom. The number of nitrogens with zero attached hydrogens (tertiary/aromatic N) is 1. The lowest BCUT2D eigenvalue weighted by molar-refractivity contribution is 0.0567.